The average molecular weight is 327 g/mol. The van der Waals surface area contributed by atoms with Gasteiger partial charge in [0.15, 0.2) is 0 Å². The maximum Gasteiger partial charge on any atom is 0.119 e. The van der Waals surface area contributed by atoms with Gasteiger partial charge in [-0.25, -0.2) is 0 Å². The van der Waals surface area contributed by atoms with Gasteiger partial charge in [0.2, 0.25) is 0 Å². The minimum absolute atomic E-state index is 0.152. The van der Waals surface area contributed by atoms with E-state index in [4.69, 9.17) is 4.74 Å². The quantitative estimate of drug-likeness (QED) is 0.595. The van der Waals surface area contributed by atoms with Gasteiger partial charge in [0.25, 0.3) is 0 Å². The van der Waals surface area contributed by atoms with Crippen LogP contribution >= 0.6 is 8.20 Å². The summed E-state index contributed by atoms with van der Waals surface area (Å²) in [6, 6.07) is 12.0. The number of benzene rings is 2. The van der Waals surface area contributed by atoms with Crippen LogP contribution < -0.4 is 15.1 Å². The molecule has 122 valence electrons. The summed E-state index contributed by atoms with van der Waals surface area (Å²) in [5.41, 5.74) is 4.31. The van der Waals surface area contributed by atoms with Gasteiger partial charge in [-0.2, -0.15) is 0 Å². The van der Waals surface area contributed by atoms with Crippen LogP contribution in [0.2, 0.25) is 0 Å². The number of ether oxygens (including phenoxy) is 1. The second kappa shape index (κ2) is 8.29. The molecule has 0 unspecified atom stereocenters. The van der Waals surface area contributed by atoms with Crippen molar-refractivity contribution < 1.29 is 9.84 Å². The molecule has 0 amide bonds. The van der Waals surface area contributed by atoms with E-state index in [0.29, 0.717) is 8.20 Å². The second-order valence-corrected chi connectivity index (χ2v) is 7.03. The lowest BCUT2D eigenvalue weighted by molar-refractivity contribution is -0.207. The van der Waals surface area contributed by atoms with Crippen molar-refractivity contribution in [2.24, 2.45) is 0 Å². The van der Waals surface area contributed by atoms with Crippen LogP contribution in [0, 0.1) is 20.8 Å². The maximum absolute atomic E-state index is 12.6. The van der Waals surface area contributed by atoms with Crippen LogP contribution in [0.1, 0.15) is 42.0 Å². The number of hydrogen-bond donors (Lipinski definition) is 0. The van der Waals surface area contributed by atoms with E-state index >= 15 is 0 Å². The van der Waals surface area contributed by atoms with Gasteiger partial charge in [0.1, 0.15) is 5.75 Å². The predicted octanol–water partition coefficient (Wildman–Crippen LogP) is 3.90. The molecule has 23 heavy (non-hydrogen) atoms. The van der Waals surface area contributed by atoms with Crippen molar-refractivity contribution in [3.8, 4) is 5.75 Å². The standard InChI is InChI=1S/C20H25O2P/c1-5-6-11-22-17-7-9-18(10-8-17)23-20(21)19-15(3)12-14(2)13-16(19)4/h7-10,12-13,21H,5-6,11H2,1-4H3/p-1. The molecule has 0 atom stereocenters. The van der Waals surface area contributed by atoms with Crippen molar-refractivity contribution in [2.75, 3.05) is 6.61 Å². The van der Waals surface area contributed by atoms with Crippen molar-refractivity contribution in [3.63, 3.8) is 0 Å². The topological polar surface area (TPSA) is 32.3 Å². The van der Waals surface area contributed by atoms with Gasteiger partial charge in [0, 0.05) is 5.30 Å². The third kappa shape index (κ3) is 4.92. The van der Waals surface area contributed by atoms with Crippen molar-refractivity contribution in [1.82, 2.24) is 0 Å². The molecule has 2 nitrogen and oxygen atoms in total. The Hall–Kier alpha value is -1.63. The van der Waals surface area contributed by atoms with Crippen molar-refractivity contribution >= 4 is 19.0 Å². The zero-order valence-corrected chi connectivity index (χ0v) is 15.2. The summed E-state index contributed by atoms with van der Waals surface area (Å²) >= 11 is 0. The van der Waals surface area contributed by atoms with Gasteiger partial charge in [-0.15, -0.1) is 5.48 Å². The molecule has 3 heteroatoms. The van der Waals surface area contributed by atoms with Gasteiger partial charge < -0.3 is 9.84 Å². The highest BCUT2D eigenvalue weighted by atomic mass is 31.1. The molecule has 0 aromatic heterocycles. The summed E-state index contributed by atoms with van der Waals surface area (Å²) in [6.45, 7) is 8.96. The molecule has 0 aliphatic heterocycles. The molecule has 2 aromatic rings. The van der Waals surface area contributed by atoms with Gasteiger partial charge in [-0.1, -0.05) is 39.2 Å². The molecular formula is C20H24O2P-. The summed E-state index contributed by atoms with van der Waals surface area (Å²) in [6.07, 6.45) is 2.19. The fraction of sp³-hybridized carbons (Fsp3) is 0.350. The number of unbranched alkanes of at least 4 members (excludes halogenated alkanes) is 1. The highest BCUT2D eigenvalue weighted by molar-refractivity contribution is 7.49. The van der Waals surface area contributed by atoms with E-state index in [-0.39, 0.29) is 5.48 Å². The third-order valence-corrected chi connectivity index (χ3v) is 4.71. The van der Waals surface area contributed by atoms with Crippen LogP contribution in [0.15, 0.2) is 36.4 Å². The summed E-state index contributed by atoms with van der Waals surface area (Å²) < 4.78 is 5.65. The van der Waals surface area contributed by atoms with E-state index in [1.807, 2.05) is 38.1 Å². The summed E-state index contributed by atoms with van der Waals surface area (Å²) in [4.78, 5) is 0. The molecule has 0 aliphatic carbocycles. The molecule has 0 aliphatic rings. The van der Waals surface area contributed by atoms with Crippen LogP contribution in [0.5, 0.6) is 5.75 Å². The fourth-order valence-electron chi connectivity index (χ4n) is 2.64. The van der Waals surface area contributed by atoms with Gasteiger partial charge in [0.05, 0.1) is 6.61 Å². The molecule has 0 N–H and O–H groups in total. The predicted molar refractivity (Wildman–Crippen MR) is 98.2 cm³/mol. The maximum atomic E-state index is 12.6. The van der Waals surface area contributed by atoms with E-state index in [1.54, 1.807) is 0 Å². The normalized spacial score (nSPS) is 11.6. The van der Waals surface area contributed by atoms with Crippen LogP contribution in [0.25, 0.3) is 0 Å². The van der Waals surface area contributed by atoms with Crippen LogP contribution in [0.4, 0.5) is 0 Å². The lowest BCUT2D eigenvalue weighted by Crippen LogP contribution is -2.20. The molecule has 0 heterocycles. The number of rotatable bonds is 6. The van der Waals surface area contributed by atoms with E-state index in [9.17, 15) is 5.11 Å². The minimum atomic E-state index is 0.152. The van der Waals surface area contributed by atoms with E-state index in [1.165, 1.54) is 5.56 Å². The minimum Gasteiger partial charge on any atom is -0.823 e. The zero-order chi connectivity index (χ0) is 16.8. The molecule has 2 rings (SSSR count). The average Bonchev–Trinajstić information content (AvgIpc) is 2.48. The van der Waals surface area contributed by atoms with Crippen molar-refractivity contribution in [3.05, 3.63) is 58.7 Å². The van der Waals surface area contributed by atoms with Gasteiger partial charge >= 0.3 is 0 Å². The summed E-state index contributed by atoms with van der Waals surface area (Å²) in [5, 5.41) is 13.6. The first-order chi connectivity index (χ1) is 11.0. The molecule has 0 saturated heterocycles. The van der Waals surface area contributed by atoms with E-state index < -0.39 is 0 Å². The fourth-order valence-corrected chi connectivity index (χ4v) is 3.64. The molecule has 0 radical (unpaired) electrons. The Labute approximate surface area is 140 Å². The summed E-state index contributed by atoms with van der Waals surface area (Å²) in [5.74, 6) is 0.868. The monoisotopic (exact) mass is 327 g/mol. The van der Waals surface area contributed by atoms with Crippen LogP contribution in [-0.4, -0.2) is 12.1 Å². The zero-order valence-electron chi connectivity index (χ0n) is 14.3. The Balaban J connectivity index is 2.18. The Morgan fingerprint density at radius 3 is 2.22 bits per heavy atom. The highest BCUT2D eigenvalue weighted by Crippen LogP contribution is 2.19. The lowest BCUT2D eigenvalue weighted by Gasteiger charge is -2.18. The smallest absolute Gasteiger partial charge is 0.119 e. The third-order valence-electron chi connectivity index (χ3n) is 3.72. The van der Waals surface area contributed by atoms with Gasteiger partial charge in [-0.05, 0) is 68.1 Å². The SMILES string of the molecule is CCCCOc1ccc(P=C([O-])c2c(C)cc(C)cc2C)cc1. The van der Waals surface area contributed by atoms with E-state index in [2.05, 4.69) is 26.0 Å². The molecule has 0 fully saturated rings. The largest absolute Gasteiger partial charge is 0.823 e. The molecule has 0 spiro atoms. The first kappa shape index (κ1) is 17.7. The van der Waals surface area contributed by atoms with Crippen LogP contribution in [0.3, 0.4) is 0 Å². The van der Waals surface area contributed by atoms with Crippen molar-refractivity contribution in [1.29, 1.82) is 0 Å². The molecule has 0 bridgehead atoms. The number of aryl methyl sites for hydroxylation is 3. The van der Waals surface area contributed by atoms with Crippen molar-refractivity contribution in [2.45, 2.75) is 40.5 Å². The highest BCUT2D eigenvalue weighted by Gasteiger charge is 2.03. The molecule has 0 saturated carbocycles. The van der Waals surface area contributed by atoms with Gasteiger partial charge in [-0.3, -0.25) is 0 Å². The summed E-state index contributed by atoms with van der Waals surface area (Å²) in [7, 11) is 0.712. The Kier molecular flexibility index (Phi) is 6.38. The van der Waals surface area contributed by atoms with Crippen LogP contribution in [-0.2, 0) is 0 Å². The van der Waals surface area contributed by atoms with E-state index in [0.717, 1.165) is 47.2 Å². The Morgan fingerprint density at radius 2 is 1.65 bits per heavy atom. The first-order valence-corrected chi connectivity index (χ1v) is 8.97. The Morgan fingerprint density at radius 1 is 1.04 bits per heavy atom. The molecule has 2 aromatic carbocycles. The Bertz CT molecular complexity index is 664. The first-order valence-electron chi connectivity index (χ1n) is 8.08. The lowest BCUT2D eigenvalue weighted by atomic mass is 10.0. The molecular weight excluding hydrogens is 303 g/mol. The second-order valence-electron chi connectivity index (χ2n) is 5.89. The number of hydrogen-bond acceptors (Lipinski definition) is 2.